The number of nitrogens with one attached hydrogen (secondary N) is 2. The minimum atomic E-state index is -3.74. The average molecular weight is 347 g/mol. The van der Waals surface area contributed by atoms with Crippen LogP contribution in [-0.4, -0.2) is 31.8 Å². The lowest BCUT2D eigenvalue weighted by molar-refractivity contribution is 0.376. The molecule has 128 valence electrons. The van der Waals surface area contributed by atoms with E-state index in [9.17, 15) is 8.42 Å². The van der Waals surface area contributed by atoms with Gasteiger partial charge in [0.1, 0.15) is 0 Å². The van der Waals surface area contributed by atoms with Crippen molar-refractivity contribution in [1.82, 2.24) is 9.78 Å². The predicted molar refractivity (Wildman–Crippen MR) is 93.7 cm³/mol. The van der Waals surface area contributed by atoms with Crippen LogP contribution in [0.2, 0.25) is 0 Å². The monoisotopic (exact) mass is 347 g/mol. The number of allylic oxidation sites excluding steroid dienone is 1. The molecule has 0 amide bonds. The lowest BCUT2D eigenvalue weighted by Gasteiger charge is -2.32. The van der Waals surface area contributed by atoms with Crippen LogP contribution in [0.25, 0.3) is 0 Å². The van der Waals surface area contributed by atoms with E-state index >= 15 is 0 Å². The number of fused-ring (bicyclic) bond motifs is 1. The van der Waals surface area contributed by atoms with Gasteiger partial charge in [0.15, 0.2) is 16.5 Å². The largest absolute Gasteiger partial charge is 0.371 e. The normalized spacial score (nSPS) is 20.1. The molecule has 8 heteroatoms. The SMILES string of the molecule is CNc1nn2c(c1S(=O)(=O)c1ccccc1)NC(C)=CC2(C)CN. The van der Waals surface area contributed by atoms with Crippen LogP contribution in [0.1, 0.15) is 13.8 Å². The highest BCUT2D eigenvalue weighted by atomic mass is 32.2. The van der Waals surface area contributed by atoms with E-state index in [1.807, 2.05) is 19.9 Å². The highest BCUT2D eigenvalue weighted by Gasteiger charge is 2.38. The number of aromatic nitrogens is 2. The van der Waals surface area contributed by atoms with Gasteiger partial charge in [0.25, 0.3) is 0 Å². The Morgan fingerprint density at radius 1 is 1.33 bits per heavy atom. The zero-order valence-corrected chi connectivity index (χ0v) is 14.7. The maximum Gasteiger partial charge on any atom is 0.213 e. The zero-order chi connectivity index (χ0) is 17.5. The molecule has 0 saturated heterocycles. The molecule has 1 aromatic carbocycles. The first kappa shape index (κ1) is 16.5. The number of nitrogens with zero attached hydrogens (tertiary/aromatic N) is 2. The number of sulfone groups is 1. The Bertz CT molecular complexity index is 902. The molecule has 0 radical (unpaired) electrons. The summed E-state index contributed by atoms with van der Waals surface area (Å²) in [6.07, 6.45) is 1.95. The molecule has 1 unspecified atom stereocenters. The molecule has 0 bridgehead atoms. The first-order chi connectivity index (χ1) is 11.3. The molecule has 2 heterocycles. The van der Waals surface area contributed by atoms with E-state index in [4.69, 9.17) is 5.73 Å². The van der Waals surface area contributed by atoms with Crippen LogP contribution in [0, 0.1) is 0 Å². The predicted octanol–water partition coefficient (Wildman–Crippen LogP) is 1.76. The molecule has 1 aliphatic heterocycles. The molecule has 4 N–H and O–H groups in total. The molecule has 1 aromatic heterocycles. The maximum absolute atomic E-state index is 13.2. The third-order valence-corrected chi connectivity index (χ3v) is 5.96. The summed E-state index contributed by atoms with van der Waals surface area (Å²) in [4.78, 5) is 0.351. The second kappa shape index (κ2) is 5.64. The summed E-state index contributed by atoms with van der Waals surface area (Å²) in [5.41, 5.74) is 6.17. The van der Waals surface area contributed by atoms with Crippen molar-refractivity contribution in [1.29, 1.82) is 0 Å². The quantitative estimate of drug-likeness (QED) is 0.779. The number of benzene rings is 1. The lowest BCUT2D eigenvalue weighted by atomic mass is 10.00. The van der Waals surface area contributed by atoms with Crippen molar-refractivity contribution in [2.45, 2.75) is 29.2 Å². The zero-order valence-electron chi connectivity index (χ0n) is 13.9. The number of rotatable bonds is 4. The van der Waals surface area contributed by atoms with Gasteiger partial charge in [0, 0.05) is 19.3 Å². The molecule has 1 atom stereocenters. The number of hydrogen-bond acceptors (Lipinski definition) is 6. The second-order valence-corrected chi connectivity index (χ2v) is 7.90. The Balaban J connectivity index is 2.29. The summed E-state index contributed by atoms with van der Waals surface area (Å²) in [5, 5.41) is 10.5. The summed E-state index contributed by atoms with van der Waals surface area (Å²) < 4.78 is 28.0. The van der Waals surface area contributed by atoms with Crippen LogP contribution < -0.4 is 16.4 Å². The summed E-state index contributed by atoms with van der Waals surface area (Å²) in [6.45, 7) is 4.10. The van der Waals surface area contributed by atoms with Crippen molar-refractivity contribution >= 4 is 21.5 Å². The third kappa shape index (κ3) is 2.38. The van der Waals surface area contributed by atoms with Gasteiger partial charge >= 0.3 is 0 Å². The number of anilines is 2. The minimum Gasteiger partial charge on any atom is -0.371 e. The third-order valence-electron chi connectivity index (χ3n) is 4.14. The van der Waals surface area contributed by atoms with Gasteiger partial charge in [0.2, 0.25) is 9.84 Å². The lowest BCUT2D eigenvalue weighted by Crippen LogP contribution is -2.41. The Morgan fingerprint density at radius 3 is 2.58 bits per heavy atom. The van der Waals surface area contributed by atoms with Crippen LogP contribution >= 0.6 is 0 Å². The van der Waals surface area contributed by atoms with Gasteiger partial charge < -0.3 is 16.4 Å². The van der Waals surface area contributed by atoms with Crippen LogP contribution in [0.4, 0.5) is 11.6 Å². The van der Waals surface area contributed by atoms with Crippen LogP contribution in [0.5, 0.6) is 0 Å². The molecular formula is C16H21N5O2S. The molecular weight excluding hydrogens is 326 g/mol. The summed E-state index contributed by atoms with van der Waals surface area (Å²) >= 11 is 0. The first-order valence-electron chi connectivity index (χ1n) is 7.61. The molecule has 24 heavy (non-hydrogen) atoms. The van der Waals surface area contributed by atoms with Crippen molar-refractivity contribution in [2.75, 3.05) is 24.2 Å². The van der Waals surface area contributed by atoms with Gasteiger partial charge in [0.05, 0.1) is 10.4 Å². The fraction of sp³-hybridized carbons (Fsp3) is 0.312. The summed E-state index contributed by atoms with van der Waals surface area (Å²) in [7, 11) is -2.09. The van der Waals surface area contributed by atoms with E-state index in [-0.39, 0.29) is 9.79 Å². The highest BCUT2D eigenvalue weighted by molar-refractivity contribution is 7.91. The molecule has 1 aliphatic rings. The first-order valence-corrected chi connectivity index (χ1v) is 9.10. The highest BCUT2D eigenvalue weighted by Crippen LogP contribution is 2.40. The van der Waals surface area contributed by atoms with E-state index in [1.165, 1.54) is 0 Å². The fourth-order valence-corrected chi connectivity index (χ4v) is 4.46. The van der Waals surface area contributed by atoms with Crippen molar-refractivity contribution in [3.05, 3.63) is 42.1 Å². The van der Waals surface area contributed by atoms with Crippen molar-refractivity contribution < 1.29 is 8.42 Å². The van der Waals surface area contributed by atoms with Crippen LogP contribution in [0.15, 0.2) is 51.9 Å². The molecule has 0 aliphatic carbocycles. The van der Waals surface area contributed by atoms with Crippen molar-refractivity contribution in [2.24, 2.45) is 5.73 Å². The Labute approximate surface area is 141 Å². The fourth-order valence-electron chi connectivity index (χ4n) is 2.91. The Kier molecular flexibility index (Phi) is 3.89. The van der Waals surface area contributed by atoms with Crippen LogP contribution in [0.3, 0.4) is 0 Å². The smallest absolute Gasteiger partial charge is 0.213 e. The van der Waals surface area contributed by atoms with Crippen molar-refractivity contribution in [3.8, 4) is 0 Å². The number of hydrogen-bond donors (Lipinski definition) is 3. The van der Waals surface area contributed by atoms with Crippen LogP contribution in [-0.2, 0) is 15.4 Å². The molecule has 3 rings (SSSR count). The van der Waals surface area contributed by atoms with Gasteiger partial charge in [-0.25, -0.2) is 13.1 Å². The van der Waals surface area contributed by atoms with E-state index in [2.05, 4.69) is 15.7 Å². The standard InChI is InChI=1S/C16H21N5O2S/c1-11-9-16(2,10-17)21-15(19-11)13(14(18-3)20-21)24(22,23)12-7-5-4-6-8-12/h4-9,19H,10,17H2,1-3H3,(H,18,20). The van der Waals surface area contributed by atoms with Gasteiger partial charge in [-0.2, -0.15) is 5.10 Å². The van der Waals surface area contributed by atoms with E-state index in [0.717, 1.165) is 5.70 Å². The second-order valence-electron chi connectivity index (χ2n) is 6.02. The minimum absolute atomic E-state index is 0.128. The van der Waals surface area contributed by atoms with Gasteiger partial charge in [-0.1, -0.05) is 18.2 Å². The van der Waals surface area contributed by atoms with Gasteiger partial charge in [-0.3, -0.25) is 0 Å². The summed E-state index contributed by atoms with van der Waals surface area (Å²) in [6, 6.07) is 8.33. The van der Waals surface area contributed by atoms with Gasteiger partial charge in [-0.05, 0) is 32.1 Å². The Hall–Kier alpha value is -2.32. The number of nitrogens with two attached hydrogens (primary N) is 1. The molecule has 7 nitrogen and oxygen atoms in total. The topological polar surface area (TPSA) is 102 Å². The molecule has 2 aromatic rings. The molecule has 0 saturated carbocycles. The Morgan fingerprint density at radius 2 is 2.00 bits per heavy atom. The maximum atomic E-state index is 13.2. The van der Waals surface area contributed by atoms with E-state index in [1.54, 1.807) is 42.1 Å². The molecule has 0 fully saturated rings. The van der Waals surface area contributed by atoms with Gasteiger partial charge in [-0.15, -0.1) is 0 Å². The molecule has 0 spiro atoms. The summed E-state index contributed by atoms with van der Waals surface area (Å²) in [5.74, 6) is 0.722. The van der Waals surface area contributed by atoms with E-state index < -0.39 is 15.4 Å². The van der Waals surface area contributed by atoms with Crippen molar-refractivity contribution in [3.63, 3.8) is 0 Å². The van der Waals surface area contributed by atoms with E-state index in [0.29, 0.717) is 18.2 Å². The average Bonchev–Trinajstić information content (AvgIpc) is 2.95.